The molecule has 0 saturated carbocycles. The zero-order chi connectivity index (χ0) is 29.8. The minimum Gasteiger partial charge on any atom is -0.497 e. The average Bonchev–Trinajstić information content (AvgIpc) is 2.89. The molecule has 0 fully saturated rings. The number of carbonyl (C=O) groups excluding carboxylic acids is 1. The Balaban J connectivity index is 2.22. The molecule has 3 rings (SSSR count). The standard InChI is InChI=1S/C27H29F3O8S2/c1-26(2,3)37-25(31)18-36-19-12-14-22(15-13-19)39(38-40(32,33)27(28,29)30,23-10-6-8-20(16-23)34-4)24-11-7-9-21(17-24)35-5/h6-17H,18H2,1-5H3. The zero-order valence-corrected chi connectivity index (χ0v) is 24.0. The first kappa shape index (κ1) is 31.1. The van der Waals surface area contributed by atoms with Crippen molar-refractivity contribution in [3.63, 3.8) is 0 Å². The molecule has 13 heteroatoms. The molecule has 0 aliphatic carbocycles. The number of hydrogen-bond acceptors (Lipinski definition) is 8. The van der Waals surface area contributed by atoms with Gasteiger partial charge >= 0.3 is 21.6 Å². The second kappa shape index (κ2) is 12.0. The molecule has 218 valence electrons. The van der Waals surface area contributed by atoms with Gasteiger partial charge in [0.05, 0.1) is 14.2 Å². The van der Waals surface area contributed by atoms with Gasteiger partial charge in [0.25, 0.3) is 0 Å². The van der Waals surface area contributed by atoms with E-state index >= 15 is 0 Å². The van der Waals surface area contributed by atoms with E-state index in [0.717, 1.165) is 0 Å². The molecule has 0 aliphatic heterocycles. The molecule has 3 aromatic rings. The van der Waals surface area contributed by atoms with Gasteiger partial charge in [-0.25, -0.2) is 4.79 Å². The van der Waals surface area contributed by atoms with Crippen molar-refractivity contribution in [2.24, 2.45) is 0 Å². The lowest BCUT2D eigenvalue weighted by molar-refractivity contribution is -0.157. The number of esters is 1. The van der Waals surface area contributed by atoms with E-state index in [4.69, 9.17) is 22.6 Å². The third-order valence-electron chi connectivity index (χ3n) is 5.15. The largest absolute Gasteiger partial charge is 0.524 e. The van der Waals surface area contributed by atoms with Crippen LogP contribution in [0.5, 0.6) is 17.2 Å². The molecular weight excluding hydrogens is 573 g/mol. The van der Waals surface area contributed by atoms with Crippen LogP contribution in [0.3, 0.4) is 0 Å². The predicted molar refractivity (Wildman–Crippen MR) is 142 cm³/mol. The molecule has 0 aliphatic rings. The lowest BCUT2D eigenvalue weighted by Gasteiger charge is -2.39. The van der Waals surface area contributed by atoms with E-state index in [1.165, 1.54) is 74.9 Å². The van der Waals surface area contributed by atoms with Crippen molar-refractivity contribution < 1.29 is 49.0 Å². The number of ether oxygens (including phenoxy) is 4. The van der Waals surface area contributed by atoms with Gasteiger partial charge in [-0.1, -0.05) is 12.1 Å². The highest BCUT2D eigenvalue weighted by Gasteiger charge is 2.52. The summed E-state index contributed by atoms with van der Waals surface area (Å²) in [7, 11) is -7.02. The molecule has 3 aromatic carbocycles. The van der Waals surface area contributed by atoms with Crippen LogP contribution in [0.25, 0.3) is 0 Å². The number of methoxy groups -OCH3 is 2. The molecule has 0 spiro atoms. The number of rotatable bonds is 10. The summed E-state index contributed by atoms with van der Waals surface area (Å²) in [5.41, 5.74) is -6.43. The highest BCUT2D eigenvalue weighted by Crippen LogP contribution is 2.71. The van der Waals surface area contributed by atoms with E-state index in [1.807, 2.05) is 0 Å². The second-order valence-corrected chi connectivity index (χ2v) is 13.7. The predicted octanol–water partition coefficient (Wildman–Crippen LogP) is 6.49. The Bertz CT molecular complexity index is 1390. The monoisotopic (exact) mass is 602 g/mol. The van der Waals surface area contributed by atoms with E-state index < -0.39 is 44.1 Å². The highest BCUT2D eigenvalue weighted by molar-refractivity contribution is 8.33. The lowest BCUT2D eigenvalue weighted by atomic mass is 10.2. The number of halogens is 3. The van der Waals surface area contributed by atoms with Gasteiger partial charge in [-0.3, -0.25) is 0 Å². The summed E-state index contributed by atoms with van der Waals surface area (Å²) in [6.45, 7) is 4.69. The van der Waals surface area contributed by atoms with Gasteiger partial charge in [0, 0.05) is 14.7 Å². The van der Waals surface area contributed by atoms with Crippen LogP contribution in [-0.2, 0) is 23.3 Å². The van der Waals surface area contributed by atoms with Gasteiger partial charge in [-0.2, -0.15) is 25.2 Å². The van der Waals surface area contributed by atoms with Crippen molar-refractivity contribution in [1.82, 2.24) is 0 Å². The third-order valence-corrected chi connectivity index (χ3v) is 10.0. The van der Waals surface area contributed by atoms with Crippen LogP contribution in [-0.4, -0.2) is 46.3 Å². The first-order valence-corrected chi connectivity index (χ1v) is 14.7. The Kier molecular flexibility index (Phi) is 9.32. The topological polar surface area (TPSA) is 97.4 Å². The summed E-state index contributed by atoms with van der Waals surface area (Å²) in [4.78, 5) is 12.3. The van der Waals surface area contributed by atoms with E-state index in [0.29, 0.717) is 0 Å². The summed E-state index contributed by atoms with van der Waals surface area (Å²) < 4.78 is 92.9. The van der Waals surface area contributed by atoms with Gasteiger partial charge < -0.3 is 18.9 Å². The van der Waals surface area contributed by atoms with Crippen LogP contribution < -0.4 is 14.2 Å². The Morgan fingerprint density at radius 2 is 1.25 bits per heavy atom. The molecule has 40 heavy (non-hydrogen) atoms. The highest BCUT2D eigenvalue weighted by atomic mass is 32.3. The van der Waals surface area contributed by atoms with Crippen LogP contribution in [0.15, 0.2) is 87.5 Å². The molecule has 8 nitrogen and oxygen atoms in total. The fourth-order valence-corrected chi connectivity index (χ4v) is 8.27. The Morgan fingerprint density at radius 3 is 1.68 bits per heavy atom. The van der Waals surface area contributed by atoms with Crippen molar-refractivity contribution in [3.05, 3.63) is 72.8 Å². The number of carbonyl (C=O) groups is 1. The molecule has 0 saturated heterocycles. The molecule has 0 unspecified atom stereocenters. The van der Waals surface area contributed by atoms with Gasteiger partial charge in [-0.15, -0.1) is 0 Å². The van der Waals surface area contributed by atoms with Crippen molar-refractivity contribution in [2.45, 2.75) is 46.6 Å². The van der Waals surface area contributed by atoms with Crippen LogP contribution in [0.2, 0.25) is 0 Å². The van der Waals surface area contributed by atoms with Crippen molar-refractivity contribution in [3.8, 4) is 17.2 Å². The molecule has 0 radical (unpaired) electrons. The normalized spacial score (nSPS) is 12.9. The lowest BCUT2D eigenvalue weighted by Crippen LogP contribution is -2.27. The molecule has 0 atom stereocenters. The van der Waals surface area contributed by atoms with E-state index in [-0.39, 0.29) is 31.9 Å². The summed E-state index contributed by atoms with van der Waals surface area (Å²) >= 11 is 0. The average molecular weight is 603 g/mol. The minimum atomic E-state index is -6.12. The Labute approximate surface area is 232 Å². The maximum Gasteiger partial charge on any atom is 0.524 e. The maximum atomic E-state index is 13.7. The van der Waals surface area contributed by atoms with Crippen LogP contribution >= 0.6 is 10.3 Å². The summed E-state index contributed by atoms with van der Waals surface area (Å²) in [6, 6.07) is 17.4. The van der Waals surface area contributed by atoms with E-state index in [1.54, 1.807) is 32.9 Å². The van der Waals surface area contributed by atoms with Crippen LogP contribution in [0, 0.1) is 0 Å². The summed E-state index contributed by atoms with van der Waals surface area (Å²) in [6.07, 6.45) is 0. The first-order chi connectivity index (χ1) is 18.6. The maximum absolute atomic E-state index is 13.7. The Hall–Kier alpha value is -3.42. The fourth-order valence-electron chi connectivity index (χ4n) is 3.50. The van der Waals surface area contributed by atoms with Gasteiger partial charge in [0.15, 0.2) is 6.61 Å². The first-order valence-electron chi connectivity index (χ1n) is 11.7. The number of benzene rings is 3. The summed E-state index contributed by atoms with van der Waals surface area (Å²) in [5.74, 6) is 0.104. The van der Waals surface area contributed by atoms with Crippen molar-refractivity contribution in [1.29, 1.82) is 0 Å². The third kappa shape index (κ3) is 7.20. The molecule has 0 bridgehead atoms. The van der Waals surface area contributed by atoms with Gasteiger partial charge in [-0.05, 0) is 91.7 Å². The molecule has 0 aromatic heterocycles. The molecule has 0 amide bonds. The quantitative estimate of drug-likeness (QED) is 0.192. The molecular formula is C27H29F3O8S2. The molecule has 0 heterocycles. The van der Waals surface area contributed by atoms with E-state index in [2.05, 4.69) is 0 Å². The zero-order valence-electron chi connectivity index (χ0n) is 22.4. The minimum absolute atomic E-state index is 0.0893. The van der Waals surface area contributed by atoms with E-state index in [9.17, 15) is 26.4 Å². The van der Waals surface area contributed by atoms with Gasteiger partial charge in [0.1, 0.15) is 22.8 Å². The number of hydrogen-bond donors (Lipinski definition) is 0. The number of alkyl halides is 3. The Morgan fingerprint density at radius 1 is 0.750 bits per heavy atom. The smallest absolute Gasteiger partial charge is 0.497 e. The van der Waals surface area contributed by atoms with Crippen molar-refractivity contribution >= 4 is 26.4 Å². The SMILES string of the molecule is COc1cccc(S(OS(=O)(=O)C(F)(F)F)(c2ccc(OCC(=O)OC(C)(C)C)cc2)c2cccc(OC)c2)c1. The fraction of sp³-hybridized carbons (Fsp3) is 0.296. The van der Waals surface area contributed by atoms with Gasteiger partial charge in [0.2, 0.25) is 0 Å². The summed E-state index contributed by atoms with van der Waals surface area (Å²) in [5, 5.41) is 0. The second-order valence-electron chi connectivity index (χ2n) is 9.23. The van der Waals surface area contributed by atoms with Crippen molar-refractivity contribution in [2.75, 3.05) is 20.8 Å². The van der Waals surface area contributed by atoms with Crippen LogP contribution in [0.1, 0.15) is 20.8 Å². The van der Waals surface area contributed by atoms with Crippen LogP contribution in [0.4, 0.5) is 13.2 Å². The molecule has 0 N–H and O–H groups in total.